The molecule has 17 heteroatoms. The summed E-state index contributed by atoms with van der Waals surface area (Å²) in [4.78, 5) is 57.4. The Labute approximate surface area is 486 Å². The van der Waals surface area contributed by atoms with Gasteiger partial charge in [-0.1, -0.05) is 146 Å². The van der Waals surface area contributed by atoms with Crippen molar-refractivity contribution in [3.63, 3.8) is 0 Å². The third kappa shape index (κ3) is 15.4. The van der Waals surface area contributed by atoms with Crippen LogP contribution in [0.3, 0.4) is 0 Å². The molecule has 2 saturated heterocycles. The summed E-state index contributed by atoms with van der Waals surface area (Å²) in [6.07, 6.45) is 8.41. The zero-order chi connectivity index (χ0) is 52.8. The Hall–Kier alpha value is -5.50. The van der Waals surface area contributed by atoms with Gasteiger partial charge in [0.1, 0.15) is 0 Å². The zero-order valence-corrected chi connectivity index (χ0v) is 48.6. The normalized spacial score (nSPS) is 18.6. The first-order chi connectivity index (χ1) is 35.8. The molecule has 77 heavy (non-hydrogen) atoms. The summed E-state index contributed by atoms with van der Waals surface area (Å²) in [6, 6.07) is 47.1. The van der Waals surface area contributed by atoms with Crippen LogP contribution >= 0.6 is 71.2 Å². The lowest BCUT2D eigenvalue weighted by atomic mass is 9.76. The molecule has 6 aromatic carbocycles. The zero-order valence-electron chi connectivity index (χ0n) is 43.9. The molecule has 4 atom stereocenters. The molecular weight excluding hydrogens is 1100 g/mol. The topological polar surface area (TPSA) is 137 Å². The second-order valence-electron chi connectivity index (χ2n) is 19.3. The number of unbranched alkanes of at least 4 members (excludes halogenated alkanes) is 2. The van der Waals surface area contributed by atoms with Crippen molar-refractivity contribution in [3.05, 3.63) is 199 Å². The number of hydrogen-bond acceptors (Lipinski definition) is 6. The van der Waals surface area contributed by atoms with Gasteiger partial charge in [-0.25, -0.2) is 0 Å². The fourth-order valence-corrected chi connectivity index (χ4v) is 11.0. The highest BCUT2D eigenvalue weighted by Gasteiger charge is 2.43. The molecule has 0 aliphatic carbocycles. The van der Waals surface area contributed by atoms with Gasteiger partial charge >= 0.3 is 0 Å². The van der Waals surface area contributed by atoms with Gasteiger partial charge in [0.05, 0.1) is 43.3 Å². The van der Waals surface area contributed by atoms with E-state index in [4.69, 9.17) is 46.4 Å². The van der Waals surface area contributed by atoms with E-state index in [9.17, 15) is 19.2 Å². The minimum absolute atomic E-state index is 0. The molecule has 4 unspecified atom stereocenters. The van der Waals surface area contributed by atoms with Crippen molar-refractivity contribution in [2.24, 2.45) is 0 Å². The van der Waals surface area contributed by atoms with Gasteiger partial charge in [-0.3, -0.25) is 19.2 Å². The maximum absolute atomic E-state index is 12.9. The molecule has 2 aliphatic rings. The largest absolute Gasteiger partial charge is 0.412 e. The second kappa shape index (κ2) is 30.0. The predicted octanol–water partition coefficient (Wildman–Crippen LogP) is 13.7. The van der Waals surface area contributed by atoms with Crippen LogP contribution in [0.1, 0.15) is 120 Å². The van der Waals surface area contributed by atoms with Crippen molar-refractivity contribution in [2.75, 3.05) is 50.1 Å². The van der Waals surface area contributed by atoms with Crippen molar-refractivity contribution in [1.82, 2.24) is 20.4 Å². The van der Waals surface area contributed by atoms with Gasteiger partial charge in [-0.15, -0.1) is 24.8 Å². The van der Waals surface area contributed by atoms with Crippen LogP contribution < -0.4 is 20.4 Å². The molecule has 4 amide bonds. The summed E-state index contributed by atoms with van der Waals surface area (Å²) in [5, 5.41) is 8.29. The summed E-state index contributed by atoms with van der Waals surface area (Å²) in [7, 11) is 3.69. The molecular formula is C60H70Cl6N6O5. The average molecular weight is 1170 g/mol. The molecule has 412 valence electrons. The molecule has 0 radical (unpaired) electrons. The van der Waals surface area contributed by atoms with Gasteiger partial charge in [-0.2, -0.15) is 0 Å². The monoisotopic (exact) mass is 1160 g/mol. The fraction of sp³-hybridized carbons (Fsp3) is 0.333. The van der Waals surface area contributed by atoms with E-state index in [0.717, 1.165) is 98.1 Å². The van der Waals surface area contributed by atoms with Crippen LogP contribution in [0.2, 0.25) is 20.1 Å². The summed E-state index contributed by atoms with van der Waals surface area (Å²) >= 11 is 25.3. The summed E-state index contributed by atoms with van der Waals surface area (Å²) in [6.45, 7) is 7.12. The number of nitrogens with one attached hydrogen (secondary N) is 2. The molecule has 2 aliphatic heterocycles. The maximum Gasteiger partial charge on any atom is 0.253 e. The molecule has 8 rings (SSSR count). The van der Waals surface area contributed by atoms with Crippen LogP contribution in [-0.4, -0.2) is 80.2 Å². The van der Waals surface area contributed by atoms with Crippen LogP contribution in [0.4, 0.5) is 11.4 Å². The standard InChI is InChI=1S/2C30H33Cl2N3O2.2ClH.H2O/c2*1-3-4-17-34(2)29(37)22-10-13-25(14-11-22)35-18-16-30(33-21-36,24-8-6-5-7-9-24)20-28(35)23-12-15-26(31)27(32)19-23;;;/h2*5-15,19,21,28H,3-4,16-18,20H2,1-2H3,(H,33,36);2*1H;1H2. The highest BCUT2D eigenvalue weighted by Crippen LogP contribution is 2.47. The quantitative estimate of drug-likeness (QED) is 0.0823. The number of rotatable bonds is 18. The van der Waals surface area contributed by atoms with Crippen molar-refractivity contribution < 1.29 is 24.7 Å². The van der Waals surface area contributed by atoms with Gasteiger partial charge in [0.25, 0.3) is 11.8 Å². The lowest BCUT2D eigenvalue weighted by Gasteiger charge is -2.48. The van der Waals surface area contributed by atoms with Crippen LogP contribution in [0.25, 0.3) is 0 Å². The molecule has 2 fully saturated rings. The highest BCUT2D eigenvalue weighted by molar-refractivity contribution is 6.42. The van der Waals surface area contributed by atoms with Crippen LogP contribution in [0, 0.1) is 0 Å². The highest BCUT2D eigenvalue weighted by atomic mass is 35.5. The number of benzene rings is 6. The summed E-state index contributed by atoms with van der Waals surface area (Å²) in [5.41, 5.74) is 6.50. The number of halogens is 6. The van der Waals surface area contributed by atoms with E-state index in [1.807, 2.05) is 135 Å². The maximum atomic E-state index is 12.9. The van der Waals surface area contributed by atoms with Crippen molar-refractivity contribution in [1.29, 1.82) is 0 Å². The minimum Gasteiger partial charge on any atom is -0.412 e. The molecule has 0 aromatic heterocycles. The van der Waals surface area contributed by atoms with Crippen LogP contribution in [0.15, 0.2) is 146 Å². The van der Waals surface area contributed by atoms with Gasteiger partial charge in [0.15, 0.2) is 0 Å². The summed E-state index contributed by atoms with van der Waals surface area (Å²) < 4.78 is 0. The first kappa shape index (κ1) is 64.0. The van der Waals surface area contributed by atoms with E-state index in [-0.39, 0.29) is 54.2 Å². The Kier molecular flexibility index (Phi) is 25.0. The third-order valence-electron chi connectivity index (χ3n) is 14.7. The Balaban J connectivity index is 0.000000320. The Morgan fingerprint density at radius 1 is 0.545 bits per heavy atom. The molecule has 4 N–H and O–H groups in total. The van der Waals surface area contributed by atoms with Gasteiger partial charge in [-0.05, 0) is 134 Å². The Morgan fingerprint density at radius 2 is 0.896 bits per heavy atom. The number of nitrogens with zero attached hydrogens (tertiary/aromatic N) is 4. The number of anilines is 2. The van der Waals surface area contributed by atoms with Crippen LogP contribution in [0.5, 0.6) is 0 Å². The molecule has 0 saturated carbocycles. The van der Waals surface area contributed by atoms with Crippen LogP contribution in [-0.2, 0) is 20.7 Å². The predicted molar refractivity (Wildman–Crippen MR) is 321 cm³/mol. The van der Waals surface area contributed by atoms with E-state index in [1.165, 1.54) is 0 Å². The van der Waals surface area contributed by atoms with Crippen molar-refractivity contribution in [3.8, 4) is 0 Å². The smallest absolute Gasteiger partial charge is 0.253 e. The minimum atomic E-state index is -0.520. The lowest BCUT2D eigenvalue weighted by molar-refractivity contribution is -0.112. The van der Waals surface area contributed by atoms with Gasteiger partial charge in [0, 0.05) is 62.8 Å². The second-order valence-corrected chi connectivity index (χ2v) is 21.0. The first-order valence-electron chi connectivity index (χ1n) is 25.4. The molecule has 0 spiro atoms. The molecule has 2 heterocycles. The van der Waals surface area contributed by atoms with E-state index >= 15 is 0 Å². The fourth-order valence-electron chi connectivity index (χ4n) is 10.4. The molecule has 6 aromatic rings. The summed E-state index contributed by atoms with van der Waals surface area (Å²) in [5.74, 6) is 0.0518. The van der Waals surface area contributed by atoms with Crippen molar-refractivity contribution >= 4 is 107 Å². The SMILES string of the molecule is CCCCN(C)C(=O)c1ccc(N2CCC(NC=O)(c3ccccc3)CC2c2ccc(Cl)c(Cl)c2)cc1.CCCCN(C)C(=O)c1ccc(N2CCC(NC=O)(c3ccccc3)CC2c2ccc(Cl)c(Cl)c2)cc1.Cl.Cl.O. The lowest BCUT2D eigenvalue weighted by Crippen LogP contribution is -2.52. The number of hydrogen-bond donors (Lipinski definition) is 2. The van der Waals surface area contributed by atoms with E-state index in [2.05, 4.69) is 58.5 Å². The number of amides is 4. The van der Waals surface area contributed by atoms with E-state index in [1.54, 1.807) is 9.80 Å². The molecule has 11 nitrogen and oxygen atoms in total. The third-order valence-corrected chi connectivity index (χ3v) is 16.1. The van der Waals surface area contributed by atoms with E-state index < -0.39 is 11.1 Å². The molecule has 0 bridgehead atoms. The number of carbonyl (C=O) groups excluding carboxylic acids is 4. The van der Waals surface area contributed by atoms with E-state index in [0.29, 0.717) is 57.1 Å². The Bertz CT molecular complexity index is 2640. The number of carbonyl (C=O) groups is 4. The van der Waals surface area contributed by atoms with Gasteiger partial charge in [0.2, 0.25) is 12.8 Å². The van der Waals surface area contributed by atoms with Gasteiger partial charge < -0.3 is 35.7 Å². The average Bonchev–Trinajstić information content (AvgIpc) is 3.46. The Morgan fingerprint density at radius 3 is 1.21 bits per heavy atom. The first-order valence-corrected chi connectivity index (χ1v) is 27.0. The number of piperidine rings is 2. The van der Waals surface area contributed by atoms with Crippen molar-refractivity contribution in [2.45, 2.75) is 88.4 Å².